The Balaban J connectivity index is 1.91. The van der Waals surface area contributed by atoms with Gasteiger partial charge in [0.05, 0.1) is 12.3 Å². The number of aryl methyl sites for hydroxylation is 2. The minimum absolute atomic E-state index is 0.0715. The normalized spacial score (nSPS) is 16.8. The number of amides is 1. The zero-order valence-corrected chi connectivity index (χ0v) is 13.8. The fourth-order valence-corrected chi connectivity index (χ4v) is 3.02. The maximum atomic E-state index is 12.2. The molecule has 2 rings (SSSR count). The highest BCUT2D eigenvalue weighted by molar-refractivity contribution is 5.80. The van der Waals surface area contributed by atoms with E-state index in [-0.39, 0.29) is 24.8 Å². The lowest BCUT2D eigenvalue weighted by atomic mass is 9.86. The van der Waals surface area contributed by atoms with E-state index in [2.05, 4.69) is 5.32 Å². The summed E-state index contributed by atoms with van der Waals surface area (Å²) in [6.45, 7) is 5.36. The predicted molar refractivity (Wildman–Crippen MR) is 87.3 cm³/mol. The van der Waals surface area contributed by atoms with Gasteiger partial charge in [0.25, 0.3) is 0 Å². The quantitative estimate of drug-likeness (QED) is 0.842. The van der Waals surface area contributed by atoms with Crippen molar-refractivity contribution in [3.63, 3.8) is 0 Å². The monoisotopic (exact) mass is 319 g/mol. The molecule has 1 unspecified atom stereocenters. The molecule has 2 N–H and O–H groups in total. The van der Waals surface area contributed by atoms with Crippen LogP contribution in [0.4, 0.5) is 0 Å². The number of carbonyl (C=O) groups is 2. The van der Waals surface area contributed by atoms with Gasteiger partial charge in [-0.15, -0.1) is 0 Å². The van der Waals surface area contributed by atoms with Gasteiger partial charge >= 0.3 is 5.97 Å². The largest absolute Gasteiger partial charge is 0.481 e. The van der Waals surface area contributed by atoms with Crippen LogP contribution in [0.1, 0.15) is 29.5 Å². The number of hydrogen-bond donors (Lipinski definition) is 2. The number of carboxylic acid groups (broad SMARTS) is 1. The SMILES string of the molecule is Cc1ccc(C)c(CC(=O)NCC(C(=O)O)C2CCOCC2)c1. The second kappa shape index (κ2) is 8.11. The lowest BCUT2D eigenvalue weighted by Gasteiger charge is -2.27. The third-order valence-electron chi connectivity index (χ3n) is 4.53. The third-order valence-corrected chi connectivity index (χ3v) is 4.53. The number of aliphatic carboxylic acids is 1. The number of carboxylic acids is 1. The van der Waals surface area contributed by atoms with Crippen molar-refractivity contribution in [3.05, 3.63) is 34.9 Å². The smallest absolute Gasteiger partial charge is 0.308 e. The molecule has 1 fully saturated rings. The van der Waals surface area contributed by atoms with Gasteiger partial charge in [0, 0.05) is 19.8 Å². The molecule has 0 aliphatic carbocycles. The summed E-state index contributed by atoms with van der Waals surface area (Å²) in [7, 11) is 0. The Labute approximate surface area is 137 Å². The first-order valence-electron chi connectivity index (χ1n) is 8.10. The van der Waals surface area contributed by atoms with E-state index in [0.29, 0.717) is 13.2 Å². The van der Waals surface area contributed by atoms with Crippen LogP contribution in [0.5, 0.6) is 0 Å². The van der Waals surface area contributed by atoms with E-state index in [0.717, 1.165) is 29.5 Å². The molecule has 1 aromatic rings. The van der Waals surface area contributed by atoms with E-state index in [4.69, 9.17) is 4.74 Å². The van der Waals surface area contributed by atoms with Crippen molar-refractivity contribution in [3.8, 4) is 0 Å². The van der Waals surface area contributed by atoms with Crippen LogP contribution in [-0.2, 0) is 20.7 Å². The van der Waals surface area contributed by atoms with Crippen LogP contribution in [0, 0.1) is 25.7 Å². The van der Waals surface area contributed by atoms with Crippen LogP contribution in [-0.4, -0.2) is 36.7 Å². The number of carbonyl (C=O) groups excluding carboxylic acids is 1. The molecule has 1 saturated heterocycles. The standard InChI is InChI=1S/C18H25NO4/c1-12-3-4-13(2)15(9-12)10-17(20)19-11-16(18(21)22)14-5-7-23-8-6-14/h3-4,9,14,16H,5-8,10-11H2,1-2H3,(H,19,20)(H,21,22). The molecule has 1 amide bonds. The highest BCUT2D eigenvalue weighted by atomic mass is 16.5. The average molecular weight is 319 g/mol. The Hall–Kier alpha value is -1.88. The van der Waals surface area contributed by atoms with E-state index in [1.165, 1.54) is 0 Å². The fourth-order valence-electron chi connectivity index (χ4n) is 3.02. The van der Waals surface area contributed by atoms with Crippen LogP contribution < -0.4 is 5.32 Å². The summed E-state index contributed by atoms with van der Waals surface area (Å²) >= 11 is 0. The Bertz CT molecular complexity index is 564. The minimum Gasteiger partial charge on any atom is -0.481 e. The molecule has 1 aliphatic rings. The van der Waals surface area contributed by atoms with Crippen LogP contribution in [0.2, 0.25) is 0 Å². The van der Waals surface area contributed by atoms with Gasteiger partial charge in [0.15, 0.2) is 0 Å². The summed E-state index contributed by atoms with van der Waals surface area (Å²) in [4.78, 5) is 23.6. The van der Waals surface area contributed by atoms with Gasteiger partial charge in [-0.1, -0.05) is 23.8 Å². The second-order valence-electron chi connectivity index (χ2n) is 6.31. The van der Waals surface area contributed by atoms with E-state index in [1.807, 2.05) is 32.0 Å². The maximum absolute atomic E-state index is 12.2. The number of rotatable bonds is 6. The number of nitrogens with one attached hydrogen (secondary N) is 1. The third kappa shape index (κ3) is 5.06. The summed E-state index contributed by atoms with van der Waals surface area (Å²) in [6.07, 6.45) is 1.77. The molecular formula is C18H25NO4. The Morgan fingerprint density at radius 1 is 1.30 bits per heavy atom. The van der Waals surface area contributed by atoms with Crippen molar-refractivity contribution >= 4 is 11.9 Å². The first-order valence-corrected chi connectivity index (χ1v) is 8.10. The molecule has 0 spiro atoms. The predicted octanol–water partition coefficient (Wildman–Crippen LogP) is 2.09. The lowest BCUT2D eigenvalue weighted by Crippen LogP contribution is -2.39. The molecule has 0 saturated carbocycles. The van der Waals surface area contributed by atoms with Gasteiger partial charge in [0.1, 0.15) is 0 Å². The molecule has 1 aromatic carbocycles. The van der Waals surface area contributed by atoms with E-state index in [1.54, 1.807) is 0 Å². The summed E-state index contributed by atoms with van der Waals surface area (Å²) in [5.74, 6) is -1.44. The Kier molecular flexibility index (Phi) is 6.16. The van der Waals surface area contributed by atoms with Crippen LogP contribution in [0.15, 0.2) is 18.2 Å². The zero-order valence-electron chi connectivity index (χ0n) is 13.8. The number of hydrogen-bond acceptors (Lipinski definition) is 3. The average Bonchev–Trinajstić information content (AvgIpc) is 2.52. The topological polar surface area (TPSA) is 75.6 Å². The molecule has 1 heterocycles. The number of benzene rings is 1. The Morgan fingerprint density at radius 2 is 2.00 bits per heavy atom. The first-order chi connectivity index (χ1) is 11.0. The van der Waals surface area contributed by atoms with E-state index < -0.39 is 11.9 Å². The van der Waals surface area contributed by atoms with Crippen molar-refractivity contribution in [2.24, 2.45) is 11.8 Å². The van der Waals surface area contributed by atoms with E-state index in [9.17, 15) is 14.7 Å². The van der Waals surface area contributed by atoms with Crippen molar-refractivity contribution in [2.45, 2.75) is 33.1 Å². The van der Waals surface area contributed by atoms with Gasteiger partial charge in [-0.25, -0.2) is 0 Å². The van der Waals surface area contributed by atoms with Gasteiger partial charge < -0.3 is 15.2 Å². The number of ether oxygens (including phenoxy) is 1. The first kappa shape index (κ1) is 17.5. The fraction of sp³-hybridized carbons (Fsp3) is 0.556. The summed E-state index contributed by atoms with van der Waals surface area (Å²) in [5.41, 5.74) is 3.18. The molecule has 1 atom stereocenters. The van der Waals surface area contributed by atoms with Gasteiger partial charge in [-0.2, -0.15) is 0 Å². The molecule has 126 valence electrons. The minimum atomic E-state index is -0.844. The van der Waals surface area contributed by atoms with Crippen molar-refractivity contribution in [2.75, 3.05) is 19.8 Å². The molecule has 1 aliphatic heterocycles. The zero-order chi connectivity index (χ0) is 16.8. The van der Waals surface area contributed by atoms with E-state index >= 15 is 0 Å². The molecule has 5 nitrogen and oxygen atoms in total. The lowest BCUT2D eigenvalue weighted by molar-refractivity contribution is -0.144. The Morgan fingerprint density at radius 3 is 2.65 bits per heavy atom. The molecule has 0 bridgehead atoms. The van der Waals surface area contributed by atoms with Gasteiger partial charge in [-0.3, -0.25) is 9.59 Å². The highest BCUT2D eigenvalue weighted by Crippen LogP contribution is 2.23. The summed E-state index contributed by atoms with van der Waals surface area (Å²) < 4.78 is 5.28. The second-order valence-corrected chi connectivity index (χ2v) is 6.31. The molecule has 0 aromatic heterocycles. The van der Waals surface area contributed by atoms with Crippen LogP contribution in [0.3, 0.4) is 0 Å². The van der Waals surface area contributed by atoms with Crippen molar-refractivity contribution in [1.82, 2.24) is 5.32 Å². The highest BCUT2D eigenvalue weighted by Gasteiger charge is 2.29. The molecule has 0 radical (unpaired) electrons. The van der Waals surface area contributed by atoms with Crippen LogP contribution in [0.25, 0.3) is 0 Å². The van der Waals surface area contributed by atoms with Gasteiger partial charge in [0.2, 0.25) is 5.91 Å². The van der Waals surface area contributed by atoms with Gasteiger partial charge in [-0.05, 0) is 43.7 Å². The molecular weight excluding hydrogens is 294 g/mol. The molecule has 5 heteroatoms. The maximum Gasteiger partial charge on any atom is 0.308 e. The molecule has 23 heavy (non-hydrogen) atoms. The summed E-state index contributed by atoms with van der Waals surface area (Å²) in [6, 6.07) is 6.02. The van der Waals surface area contributed by atoms with Crippen molar-refractivity contribution in [1.29, 1.82) is 0 Å². The van der Waals surface area contributed by atoms with Crippen molar-refractivity contribution < 1.29 is 19.4 Å². The van der Waals surface area contributed by atoms with Crippen LogP contribution >= 0.6 is 0 Å². The summed E-state index contributed by atoms with van der Waals surface area (Å²) in [5, 5.41) is 12.2.